The van der Waals surface area contributed by atoms with E-state index in [1.165, 1.54) is 44.1 Å². The van der Waals surface area contributed by atoms with Gasteiger partial charge in [0.25, 0.3) is 0 Å². The van der Waals surface area contributed by atoms with Gasteiger partial charge in [-0.3, -0.25) is 0 Å². The monoisotopic (exact) mass is 259 g/mol. The van der Waals surface area contributed by atoms with E-state index >= 15 is 0 Å². The predicted octanol–water partition coefficient (Wildman–Crippen LogP) is 2.47. The van der Waals surface area contributed by atoms with Gasteiger partial charge in [0.1, 0.15) is 0 Å². The molecular formula is C17H25NO. The molecule has 2 N–H and O–H groups in total. The lowest BCUT2D eigenvalue weighted by Crippen LogP contribution is -2.43. The Morgan fingerprint density at radius 2 is 1.95 bits per heavy atom. The molecule has 104 valence electrons. The first-order valence-electron chi connectivity index (χ1n) is 7.74. The Balaban J connectivity index is 1.45. The summed E-state index contributed by atoms with van der Waals surface area (Å²) in [5.41, 5.74) is 4.80. The second kappa shape index (κ2) is 5.64. The highest BCUT2D eigenvalue weighted by Gasteiger charge is 2.35. The van der Waals surface area contributed by atoms with Crippen LogP contribution >= 0.6 is 0 Å². The molecule has 0 unspecified atom stereocenters. The van der Waals surface area contributed by atoms with Crippen LogP contribution in [-0.4, -0.2) is 24.8 Å². The highest BCUT2D eigenvalue weighted by molar-refractivity contribution is 5.35. The predicted molar refractivity (Wildman–Crippen MR) is 78.4 cm³/mol. The van der Waals surface area contributed by atoms with Crippen molar-refractivity contribution in [3.63, 3.8) is 0 Å². The fourth-order valence-electron chi connectivity index (χ4n) is 3.43. The lowest BCUT2D eigenvalue weighted by atomic mass is 9.69. The van der Waals surface area contributed by atoms with Crippen molar-refractivity contribution in [2.75, 3.05) is 19.7 Å². The number of benzene rings is 1. The summed E-state index contributed by atoms with van der Waals surface area (Å²) in [5.74, 6) is 0. The number of rotatable bonds is 6. The fraction of sp³-hybridized carbons (Fsp3) is 0.647. The Kier molecular flexibility index (Phi) is 3.90. The molecule has 0 heterocycles. The van der Waals surface area contributed by atoms with E-state index < -0.39 is 0 Å². The van der Waals surface area contributed by atoms with Gasteiger partial charge in [-0.1, -0.05) is 24.6 Å². The average molecular weight is 259 g/mol. The topological polar surface area (TPSA) is 32.3 Å². The summed E-state index contributed by atoms with van der Waals surface area (Å²) in [4.78, 5) is 0. The molecule has 2 aliphatic rings. The number of aliphatic hydroxyl groups is 1. The maximum Gasteiger partial charge on any atom is 0.0499 e. The van der Waals surface area contributed by atoms with Gasteiger partial charge >= 0.3 is 0 Å². The van der Waals surface area contributed by atoms with Crippen molar-refractivity contribution < 1.29 is 5.11 Å². The number of aliphatic hydroxyl groups excluding tert-OH is 1. The SMILES string of the molecule is OCC1(CNCCc2ccc3c(c2)CCC3)CCC1. The Labute approximate surface area is 116 Å². The number of hydrogen-bond acceptors (Lipinski definition) is 2. The quantitative estimate of drug-likeness (QED) is 0.769. The largest absolute Gasteiger partial charge is 0.396 e. The van der Waals surface area contributed by atoms with Crippen LogP contribution in [-0.2, 0) is 19.3 Å². The second-order valence-corrected chi connectivity index (χ2v) is 6.40. The summed E-state index contributed by atoms with van der Waals surface area (Å²) in [6, 6.07) is 7.00. The molecule has 0 aliphatic heterocycles. The normalized spacial score (nSPS) is 20.1. The molecule has 0 bridgehead atoms. The third kappa shape index (κ3) is 2.85. The van der Waals surface area contributed by atoms with Gasteiger partial charge in [0, 0.05) is 18.6 Å². The zero-order valence-electron chi connectivity index (χ0n) is 11.8. The molecule has 0 saturated heterocycles. The molecule has 1 saturated carbocycles. The average Bonchev–Trinajstić information content (AvgIpc) is 2.84. The van der Waals surface area contributed by atoms with Crippen LogP contribution < -0.4 is 5.32 Å². The molecule has 2 aliphatic carbocycles. The highest BCUT2D eigenvalue weighted by Crippen LogP contribution is 2.39. The molecule has 2 heteroatoms. The molecule has 0 radical (unpaired) electrons. The standard InChI is InChI=1S/C17H25NO/c19-13-17(8-2-9-17)12-18-10-7-14-5-6-15-3-1-4-16(15)11-14/h5-6,11,18-19H,1-4,7-10,12-13H2. The van der Waals surface area contributed by atoms with Crippen LogP contribution in [0.15, 0.2) is 18.2 Å². The van der Waals surface area contributed by atoms with Crippen LogP contribution in [0.25, 0.3) is 0 Å². The summed E-state index contributed by atoms with van der Waals surface area (Å²) < 4.78 is 0. The van der Waals surface area contributed by atoms with E-state index in [1.807, 2.05) is 0 Å². The Morgan fingerprint density at radius 3 is 2.68 bits per heavy atom. The lowest BCUT2D eigenvalue weighted by molar-refractivity contribution is 0.0451. The van der Waals surface area contributed by atoms with E-state index in [4.69, 9.17) is 0 Å². The summed E-state index contributed by atoms with van der Waals surface area (Å²) >= 11 is 0. The molecule has 1 aromatic rings. The Morgan fingerprint density at radius 1 is 1.11 bits per heavy atom. The molecule has 0 amide bonds. The van der Waals surface area contributed by atoms with E-state index in [1.54, 1.807) is 11.1 Å². The number of hydrogen-bond donors (Lipinski definition) is 2. The van der Waals surface area contributed by atoms with Crippen molar-refractivity contribution in [3.05, 3.63) is 34.9 Å². The third-order valence-electron chi connectivity index (χ3n) is 5.00. The molecule has 1 fully saturated rings. The van der Waals surface area contributed by atoms with Crippen LogP contribution in [0.3, 0.4) is 0 Å². The summed E-state index contributed by atoms with van der Waals surface area (Å²) in [6.07, 6.45) is 8.64. The summed E-state index contributed by atoms with van der Waals surface area (Å²) in [5, 5.41) is 13.0. The van der Waals surface area contributed by atoms with E-state index in [2.05, 4.69) is 23.5 Å². The van der Waals surface area contributed by atoms with Crippen molar-refractivity contribution in [3.8, 4) is 0 Å². The van der Waals surface area contributed by atoms with E-state index in [9.17, 15) is 5.11 Å². The first-order chi connectivity index (χ1) is 9.31. The number of aryl methyl sites for hydroxylation is 2. The van der Waals surface area contributed by atoms with Gasteiger partial charge in [-0.15, -0.1) is 0 Å². The van der Waals surface area contributed by atoms with Gasteiger partial charge in [0.2, 0.25) is 0 Å². The smallest absolute Gasteiger partial charge is 0.0499 e. The maximum atomic E-state index is 9.42. The number of fused-ring (bicyclic) bond motifs is 1. The van der Waals surface area contributed by atoms with Crippen LogP contribution in [0.5, 0.6) is 0 Å². The van der Waals surface area contributed by atoms with Gasteiger partial charge < -0.3 is 10.4 Å². The fourth-order valence-corrected chi connectivity index (χ4v) is 3.43. The Hall–Kier alpha value is -0.860. The van der Waals surface area contributed by atoms with E-state index in [-0.39, 0.29) is 5.41 Å². The van der Waals surface area contributed by atoms with Gasteiger partial charge in [-0.2, -0.15) is 0 Å². The molecule has 0 spiro atoms. The van der Waals surface area contributed by atoms with Crippen LogP contribution in [0, 0.1) is 5.41 Å². The Bertz CT molecular complexity index is 431. The van der Waals surface area contributed by atoms with Gasteiger partial charge in [0.15, 0.2) is 0 Å². The van der Waals surface area contributed by atoms with E-state index in [0.717, 1.165) is 19.5 Å². The molecule has 0 aromatic heterocycles. The van der Waals surface area contributed by atoms with Crippen molar-refractivity contribution in [2.24, 2.45) is 5.41 Å². The van der Waals surface area contributed by atoms with Gasteiger partial charge in [-0.25, -0.2) is 0 Å². The molecule has 19 heavy (non-hydrogen) atoms. The van der Waals surface area contributed by atoms with Crippen molar-refractivity contribution in [2.45, 2.75) is 44.9 Å². The first kappa shape index (κ1) is 13.1. The summed E-state index contributed by atoms with van der Waals surface area (Å²) in [7, 11) is 0. The summed E-state index contributed by atoms with van der Waals surface area (Å²) in [6.45, 7) is 2.35. The van der Waals surface area contributed by atoms with Crippen LogP contribution in [0.2, 0.25) is 0 Å². The zero-order chi connectivity index (χ0) is 13.1. The maximum absolute atomic E-state index is 9.42. The zero-order valence-corrected chi connectivity index (χ0v) is 11.8. The minimum atomic E-state index is 0.206. The van der Waals surface area contributed by atoms with Crippen LogP contribution in [0.4, 0.5) is 0 Å². The van der Waals surface area contributed by atoms with Crippen molar-refractivity contribution >= 4 is 0 Å². The molecule has 0 atom stereocenters. The van der Waals surface area contributed by atoms with E-state index in [0.29, 0.717) is 6.61 Å². The number of nitrogens with one attached hydrogen (secondary N) is 1. The minimum absolute atomic E-state index is 0.206. The minimum Gasteiger partial charge on any atom is -0.396 e. The van der Waals surface area contributed by atoms with Crippen molar-refractivity contribution in [1.82, 2.24) is 5.32 Å². The van der Waals surface area contributed by atoms with Gasteiger partial charge in [-0.05, 0) is 61.8 Å². The molecular weight excluding hydrogens is 234 g/mol. The highest BCUT2D eigenvalue weighted by atomic mass is 16.3. The van der Waals surface area contributed by atoms with Gasteiger partial charge in [0.05, 0.1) is 0 Å². The van der Waals surface area contributed by atoms with Crippen LogP contribution in [0.1, 0.15) is 42.4 Å². The lowest BCUT2D eigenvalue weighted by Gasteiger charge is -2.40. The molecule has 2 nitrogen and oxygen atoms in total. The molecule has 3 rings (SSSR count). The second-order valence-electron chi connectivity index (χ2n) is 6.40. The molecule has 1 aromatic carbocycles. The van der Waals surface area contributed by atoms with Crippen molar-refractivity contribution in [1.29, 1.82) is 0 Å². The first-order valence-corrected chi connectivity index (χ1v) is 7.74. The third-order valence-corrected chi connectivity index (χ3v) is 5.00.